The second-order valence-corrected chi connectivity index (χ2v) is 5.86. The van der Waals surface area contributed by atoms with Crippen LogP contribution in [-0.2, 0) is 0 Å². The lowest BCUT2D eigenvalue weighted by atomic mass is 10.1. The van der Waals surface area contributed by atoms with Crippen LogP contribution in [0.15, 0.2) is 72.8 Å². The number of hydrogen-bond donors (Lipinski definition) is 2. The van der Waals surface area contributed by atoms with Crippen LogP contribution >= 0.6 is 0 Å². The van der Waals surface area contributed by atoms with E-state index in [2.05, 4.69) is 10.6 Å². The summed E-state index contributed by atoms with van der Waals surface area (Å²) in [6.45, 7) is 4.07. The van der Waals surface area contributed by atoms with Gasteiger partial charge < -0.3 is 10.6 Å². The molecule has 2 N–H and O–H groups in total. The molecule has 0 aromatic heterocycles. The third kappa shape index (κ3) is 3.82. The third-order valence-electron chi connectivity index (χ3n) is 3.81. The second kappa shape index (κ2) is 7.01. The van der Waals surface area contributed by atoms with Gasteiger partial charge in [-0.1, -0.05) is 47.5 Å². The van der Waals surface area contributed by atoms with Crippen LogP contribution in [0.1, 0.15) is 21.5 Å². The standard InChI is InChI=1S/C21H20N2O/c1-15-7-11-17(12-8-15)22-20-6-4-3-5-19(20)21(24)23-18-13-9-16(2)10-14-18/h3-14,22H,1-2H3,(H,23,24). The summed E-state index contributed by atoms with van der Waals surface area (Å²) in [5, 5.41) is 6.26. The number of nitrogens with one attached hydrogen (secondary N) is 2. The Morgan fingerprint density at radius 1 is 0.708 bits per heavy atom. The van der Waals surface area contributed by atoms with Crippen molar-refractivity contribution in [3.8, 4) is 0 Å². The van der Waals surface area contributed by atoms with E-state index < -0.39 is 0 Å². The fraction of sp³-hybridized carbons (Fsp3) is 0.0952. The molecule has 0 saturated carbocycles. The summed E-state index contributed by atoms with van der Waals surface area (Å²) in [4.78, 5) is 12.6. The number of para-hydroxylation sites is 1. The van der Waals surface area contributed by atoms with Crippen molar-refractivity contribution in [1.29, 1.82) is 0 Å². The first-order valence-electron chi connectivity index (χ1n) is 7.92. The van der Waals surface area contributed by atoms with Crippen LogP contribution in [0.25, 0.3) is 0 Å². The van der Waals surface area contributed by atoms with Crippen molar-refractivity contribution in [2.24, 2.45) is 0 Å². The summed E-state index contributed by atoms with van der Waals surface area (Å²) >= 11 is 0. The molecule has 0 saturated heterocycles. The van der Waals surface area contributed by atoms with Crippen LogP contribution in [0.3, 0.4) is 0 Å². The quantitative estimate of drug-likeness (QED) is 0.686. The molecule has 3 aromatic carbocycles. The van der Waals surface area contributed by atoms with Crippen molar-refractivity contribution in [2.45, 2.75) is 13.8 Å². The first kappa shape index (κ1) is 15.8. The number of rotatable bonds is 4. The summed E-state index contributed by atoms with van der Waals surface area (Å²) in [5.41, 5.74) is 5.50. The normalized spacial score (nSPS) is 10.2. The number of aryl methyl sites for hydroxylation is 2. The van der Waals surface area contributed by atoms with Gasteiger partial charge in [-0.3, -0.25) is 4.79 Å². The highest BCUT2D eigenvalue weighted by Crippen LogP contribution is 2.22. The number of anilines is 3. The fourth-order valence-corrected chi connectivity index (χ4v) is 2.42. The smallest absolute Gasteiger partial charge is 0.257 e. The molecular weight excluding hydrogens is 296 g/mol. The molecule has 3 aromatic rings. The first-order valence-corrected chi connectivity index (χ1v) is 7.92. The molecule has 120 valence electrons. The average Bonchev–Trinajstić information content (AvgIpc) is 2.59. The Bertz CT molecular complexity index is 836. The van der Waals surface area contributed by atoms with E-state index in [9.17, 15) is 4.79 Å². The van der Waals surface area contributed by atoms with Gasteiger partial charge >= 0.3 is 0 Å². The molecule has 0 heterocycles. The van der Waals surface area contributed by atoms with Crippen LogP contribution in [0.2, 0.25) is 0 Å². The van der Waals surface area contributed by atoms with Gasteiger partial charge in [0.2, 0.25) is 0 Å². The van der Waals surface area contributed by atoms with E-state index in [1.54, 1.807) is 0 Å². The Morgan fingerprint density at radius 2 is 1.25 bits per heavy atom. The molecule has 3 nitrogen and oxygen atoms in total. The largest absolute Gasteiger partial charge is 0.355 e. The van der Waals surface area contributed by atoms with Gasteiger partial charge in [0.15, 0.2) is 0 Å². The van der Waals surface area contributed by atoms with E-state index in [1.807, 2.05) is 86.6 Å². The fourth-order valence-electron chi connectivity index (χ4n) is 2.42. The zero-order valence-corrected chi connectivity index (χ0v) is 13.8. The predicted molar refractivity (Wildman–Crippen MR) is 100 cm³/mol. The summed E-state index contributed by atoms with van der Waals surface area (Å²) in [6.07, 6.45) is 0. The molecule has 0 radical (unpaired) electrons. The Balaban J connectivity index is 1.81. The molecule has 0 aliphatic heterocycles. The van der Waals surface area contributed by atoms with E-state index in [1.165, 1.54) is 5.56 Å². The Hall–Kier alpha value is -3.07. The highest BCUT2D eigenvalue weighted by molar-refractivity contribution is 6.08. The number of carbonyl (C=O) groups excluding carboxylic acids is 1. The monoisotopic (exact) mass is 316 g/mol. The van der Waals surface area contributed by atoms with E-state index in [4.69, 9.17) is 0 Å². The van der Waals surface area contributed by atoms with Gasteiger partial charge in [0.25, 0.3) is 5.91 Å². The van der Waals surface area contributed by atoms with Gasteiger partial charge in [-0.2, -0.15) is 0 Å². The predicted octanol–water partition coefficient (Wildman–Crippen LogP) is 5.30. The lowest BCUT2D eigenvalue weighted by Gasteiger charge is -2.12. The first-order chi connectivity index (χ1) is 11.6. The van der Waals surface area contributed by atoms with Crippen LogP contribution < -0.4 is 10.6 Å². The minimum absolute atomic E-state index is 0.130. The van der Waals surface area contributed by atoms with Gasteiger partial charge in [0.1, 0.15) is 0 Å². The SMILES string of the molecule is Cc1ccc(NC(=O)c2ccccc2Nc2ccc(C)cc2)cc1. The Kier molecular flexibility index (Phi) is 4.62. The maximum absolute atomic E-state index is 12.6. The van der Waals surface area contributed by atoms with E-state index in [-0.39, 0.29) is 5.91 Å². The Labute approximate surface area is 142 Å². The van der Waals surface area contributed by atoms with Gasteiger partial charge in [0, 0.05) is 11.4 Å². The molecule has 0 fully saturated rings. The molecule has 1 amide bonds. The minimum Gasteiger partial charge on any atom is -0.355 e. The highest BCUT2D eigenvalue weighted by atomic mass is 16.1. The number of carbonyl (C=O) groups is 1. The van der Waals surface area contributed by atoms with Crippen molar-refractivity contribution in [3.63, 3.8) is 0 Å². The zero-order valence-electron chi connectivity index (χ0n) is 13.8. The number of amides is 1. The third-order valence-corrected chi connectivity index (χ3v) is 3.81. The molecule has 0 unspecified atom stereocenters. The number of hydrogen-bond acceptors (Lipinski definition) is 2. The van der Waals surface area contributed by atoms with Crippen LogP contribution in [-0.4, -0.2) is 5.91 Å². The van der Waals surface area contributed by atoms with Crippen LogP contribution in [0.4, 0.5) is 17.1 Å². The molecular formula is C21H20N2O. The van der Waals surface area contributed by atoms with E-state index >= 15 is 0 Å². The zero-order chi connectivity index (χ0) is 16.9. The summed E-state index contributed by atoms with van der Waals surface area (Å²) < 4.78 is 0. The molecule has 0 aliphatic rings. The lowest BCUT2D eigenvalue weighted by molar-refractivity contribution is 0.102. The summed E-state index contributed by atoms with van der Waals surface area (Å²) in [6, 6.07) is 23.4. The molecule has 0 atom stereocenters. The minimum atomic E-state index is -0.130. The van der Waals surface area contributed by atoms with Crippen molar-refractivity contribution < 1.29 is 4.79 Å². The van der Waals surface area contributed by atoms with Crippen molar-refractivity contribution >= 4 is 23.0 Å². The van der Waals surface area contributed by atoms with E-state index in [0.29, 0.717) is 5.56 Å². The van der Waals surface area contributed by atoms with Crippen LogP contribution in [0, 0.1) is 13.8 Å². The van der Waals surface area contributed by atoms with Crippen molar-refractivity contribution in [3.05, 3.63) is 89.5 Å². The maximum atomic E-state index is 12.6. The molecule has 24 heavy (non-hydrogen) atoms. The molecule has 0 aliphatic carbocycles. The Morgan fingerprint density at radius 3 is 1.88 bits per heavy atom. The molecule has 3 heteroatoms. The van der Waals surface area contributed by atoms with E-state index in [0.717, 1.165) is 22.6 Å². The van der Waals surface area contributed by atoms with Crippen molar-refractivity contribution in [1.82, 2.24) is 0 Å². The highest BCUT2D eigenvalue weighted by Gasteiger charge is 2.11. The van der Waals surface area contributed by atoms with Gasteiger partial charge in [-0.05, 0) is 50.2 Å². The lowest BCUT2D eigenvalue weighted by Crippen LogP contribution is -2.13. The number of benzene rings is 3. The van der Waals surface area contributed by atoms with Gasteiger partial charge in [-0.25, -0.2) is 0 Å². The summed E-state index contributed by atoms with van der Waals surface area (Å²) in [5.74, 6) is -0.130. The molecule has 3 rings (SSSR count). The second-order valence-electron chi connectivity index (χ2n) is 5.86. The average molecular weight is 316 g/mol. The molecule has 0 bridgehead atoms. The maximum Gasteiger partial charge on any atom is 0.257 e. The summed E-state index contributed by atoms with van der Waals surface area (Å²) in [7, 11) is 0. The van der Waals surface area contributed by atoms with Gasteiger partial charge in [-0.15, -0.1) is 0 Å². The van der Waals surface area contributed by atoms with Gasteiger partial charge in [0.05, 0.1) is 11.3 Å². The topological polar surface area (TPSA) is 41.1 Å². The van der Waals surface area contributed by atoms with Crippen LogP contribution in [0.5, 0.6) is 0 Å². The molecule has 0 spiro atoms. The van der Waals surface area contributed by atoms with Crippen molar-refractivity contribution in [2.75, 3.05) is 10.6 Å².